The van der Waals surface area contributed by atoms with Crippen LogP contribution in [-0.2, 0) is 22.9 Å². The number of pyridine rings is 1. The zero-order valence-corrected chi connectivity index (χ0v) is 17.1. The van der Waals surface area contributed by atoms with Crippen molar-refractivity contribution in [1.82, 2.24) is 24.5 Å². The average Bonchev–Trinajstić information content (AvgIpc) is 3.21. The van der Waals surface area contributed by atoms with E-state index in [0.717, 1.165) is 0 Å². The molecule has 3 aromatic heterocycles. The number of hydrogen-bond donors (Lipinski definition) is 1. The largest absolute Gasteiger partial charge is 0.394 e. The summed E-state index contributed by atoms with van der Waals surface area (Å²) in [6.45, 7) is 0.181. The minimum Gasteiger partial charge on any atom is -0.394 e. The minimum atomic E-state index is -3.88. The molecule has 0 spiro atoms. The first-order valence-electron chi connectivity index (χ1n) is 8.89. The first kappa shape index (κ1) is 20.2. The monoisotopic (exact) mass is 445 g/mol. The molecule has 0 aliphatic rings. The van der Waals surface area contributed by atoms with Gasteiger partial charge in [-0.05, 0) is 30.3 Å². The third-order valence-corrected chi connectivity index (χ3v) is 6.49. The van der Waals surface area contributed by atoms with Crippen LogP contribution in [0, 0.1) is 0 Å². The number of aliphatic hydroxyl groups excluding tert-OH is 1. The molecular weight excluding hydrogens is 430 g/mol. The van der Waals surface area contributed by atoms with Crippen molar-refractivity contribution in [1.29, 1.82) is 0 Å². The number of nitrogens with zero attached hydrogens (tertiary/aromatic N) is 5. The van der Waals surface area contributed by atoms with E-state index in [1.807, 2.05) is 0 Å². The van der Waals surface area contributed by atoms with Gasteiger partial charge < -0.3 is 5.11 Å². The first-order chi connectivity index (χ1) is 14.4. The smallest absolute Gasteiger partial charge is 0.274 e. The van der Waals surface area contributed by atoms with Crippen LogP contribution in [0.4, 0.5) is 0 Å². The number of rotatable bonds is 6. The lowest BCUT2D eigenvalue weighted by molar-refractivity contribution is 0.268. The Labute approximate surface area is 176 Å². The number of aliphatic hydroxyl groups is 1. The number of sulfone groups is 1. The maximum absolute atomic E-state index is 12.9. The van der Waals surface area contributed by atoms with Crippen molar-refractivity contribution in [2.45, 2.75) is 23.0 Å². The van der Waals surface area contributed by atoms with Crippen molar-refractivity contribution in [3.8, 4) is 0 Å². The van der Waals surface area contributed by atoms with Crippen molar-refractivity contribution in [2.75, 3.05) is 6.61 Å². The summed E-state index contributed by atoms with van der Waals surface area (Å²) in [5, 5.41) is 18.0. The van der Waals surface area contributed by atoms with E-state index in [1.54, 1.807) is 18.3 Å². The minimum absolute atomic E-state index is 0.00139. The van der Waals surface area contributed by atoms with Crippen LogP contribution in [0.5, 0.6) is 0 Å². The molecule has 1 N–H and O–H groups in total. The van der Waals surface area contributed by atoms with Gasteiger partial charge in [-0.15, -0.1) is 0 Å². The summed E-state index contributed by atoms with van der Waals surface area (Å²) in [5.74, 6) is 0. The molecule has 0 atom stereocenters. The van der Waals surface area contributed by atoms with Crippen LogP contribution in [0.1, 0.15) is 5.56 Å². The van der Waals surface area contributed by atoms with Crippen LogP contribution in [0.15, 0.2) is 69.7 Å². The quantitative estimate of drug-likeness (QED) is 0.446. The van der Waals surface area contributed by atoms with Gasteiger partial charge in [0.1, 0.15) is 5.15 Å². The number of halogens is 1. The number of hydrogen-bond acceptors (Lipinski definition) is 7. The second-order valence-corrected chi connectivity index (χ2v) is 8.71. The van der Waals surface area contributed by atoms with E-state index in [4.69, 9.17) is 16.7 Å². The second-order valence-electron chi connectivity index (χ2n) is 6.45. The van der Waals surface area contributed by atoms with Gasteiger partial charge >= 0.3 is 0 Å². The zero-order chi connectivity index (χ0) is 21.3. The molecule has 11 heteroatoms. The fraction of sp³-hybridized carbons (Fsp3) is 0.158. The van der Waals surface area contributed by atoms with Crippen molar-refractivity contribution in [3.63, 3.8) is 0 Å². The highest BCUT2D eigenvalue weighted by Crippen LogP contribution is 2.22. The van der Waals surface area contributed by atoms with Gasteiger partial charge in [0.25, 0.3) is 5.56 Å². The highest BCUT2D eigenvalue weighted by molar-refractivity contribution is 7.91. The van der Waals surface area contributed by atoms with E-state index in [0.29, 0.717) is 16.3 Å². The lowest BCUT2D eigenvalue weighted by Crippen LogP contribution is -2.23. The molecule has 4 rings (SSSR count). The fourth-order valence-electron chi connectivity index (χ4n) is 2.98. The third kappa shape index (κ3) is 3.72. The van der Waals surface area contributed by atoms with E-state index < -0.39 is 9.84 Å². The molecule has 0 radical (unpaired) electrons. The summed E-state index contributed by atoms with van der Waals surface area (Å²) < 4.78 is 28.3. The van der Waals surface area contributed by atoms with Crippen LogP contribution in [0.3, 0.4) is 0 Å². The summed E-state index contributed by atoms with van der Waals surface area (Å²) in [7, 11) is -3.88. The van der Waals surface area contributed by atoms with Crippen molar-refractivity contribution in [2.24, 2.45) is 0 Å². The molecule has 0 aliphatic carbocycles. The van der Waals surface area contributed by atoms with E-state index >= 15 is 0 Å². The van der Waals surface area contributed by atoms with Crippen LogP contribution in [-0.4, -0.2) is 44.7 Å². The van der Waals surface area contributed by atoms with Gasteiger partial charge in [0.2, 0.25) is 9.84 Å². The Morgan fingerprint density at radius 1 is 1.17 bits per heavy atom. The number of fused-ring (bicyclic) bond motifs is 1. The third-order valence-electron chi connectivity index (χ3n) is 4.51. The molecule has 1 aromatic carbocycles. The summed E-state index contributed by atoms with van der Waals surface area (Å²) in [6, 6.07) is 9.05. The van der Waals surface area contributed by atoms with Gasteiger partial charge in [-0.1, -0.05) is 17.7 Å². The SMILES string of the molecule is O=c1c2ccc(S(=O)(=O)c3ccn(CCO)n3)cc2cnn1Cc1cccnc1Cl. The Kier molecular flexibility index (Phi) is 5.37. The average molecular weight is 446 g/mol. The van der Waals surface area contributed by atoms with Gasteiger partial charge in [-0.2, -0.15) is 10.2 Å². The Hall–Kier alpha value is -3.08. The topological polar surface area (TPSA) is 120 Å². The Balaban J connectivity index is 1.71. The fourth-order valence-corrected chi connectivity index (χ4v) is 4.38. The predicted molar refractivity (Wildman–Crippen MR) is 109 cm³/mol. The van der Waals surface area contributed by atoms with E-state index in [-0.39, 0.29) is 40.3 Å². The Bertz CT molecular complexity index is 1400. The first-order valence-corrected chi connectivity index (χ1v) is 10.7. The molecule has 30 heavy (non-hydrogen) atoms. The van der Waals surface area contributed by atoms with E-state index in [9.17, 15) is 13.2 Å². The summed E-state index contributed by atoms with van der Waals surface area (Å²) in [6.07, 6.45) is 4.47. The highest BCUT2D eigenvalue weighted by atomic mass is 35.5. The Morgan fingerprint density at radius 3 is 2.77 bits per heavy atom. The molecule has 154 valence electrons. The van der Waals surface area contributed by atoms with Gasteiger partial charge in [-0.25, -0.2) is 18.1 Å². The van der Waals surface area contributed by atoms with Crippen LogP contribution < -0.4 is 5.56 Å². The number of aromatic nitrogens is 5. The molecule has 0 unspecified atom stereocenters. The van der Waals surface area contributed by atoms with Gasteiger partial charge in [-0.3, -0.25) is 9.48 Å². The van der Waals surface area contributed by atoms with E-state index in [2.05, 4.69) is 15.2 Å². The van der Waals surface area contributed by atoms with Crippen molar-refractivity contribution >= 4 is 32.2 Å². The predicted octanol–water partition coefficient (Wildman–Crippen LogP) is 1.51. The second kappa shape index (κ2) is 7.98. The maximum Gasteiger partial charge on any atom is 0.274 e. The van der Waals surface area contributed by atoms with Crippen LogP contribution >= 0.6 is 11.6 Å². The molecule has 0 aliphatic heterocycles. The van der Waals surface area contributed by atoms with Gasteiger partial charge in [0.05, 0.1) is 36.2 Å². The molecule has 0 saturated carbocycles. The highest BCUT2D eigenvalue weighted by Gasteiger charge is 2.21. The molecule has 0 fully saturated rings. The van der Waals surface area contributed by atoms with Gasteiger partial charge in [0, 0.05) is 23.3 Å². The lowest BCUT2D eigenvalue weighted by atomic mass is 10.2. The molecule has 0 amide bonds. The molecule has 3 heterocycles. The zero-order valence-electron chi connectivity index (χ0n) is 15.5. The summed E-state index contributed by atoms with van der Waals surface area (Å²) in [4.78, 5) is 16.8. The van der Waals surface area contributed by atoms with Crippen LogP contribution in [0.25, 0.3) is 10.8 Å². The standard InChI is InChI=1S/C19H16ClN5O4S/c20-18-13(2-1-6-21-18)12-25-19(27)16-4-3-15(10-14(16)11-22-25)30(28,29)17-5-7-24(23-17)8-9-26/h1-7,10-11,26H,8-9,12H2. The molecular formula is C19H16ClN5O4S. The maximum atomic E-state index is 12.9. The van der Waals surface area contributed by atoms with Gasteiger partial charge in [0.15, 0.2) is 5.03 Å². The number of benzene rings is 1. The molecule has 0 saturated heterocycles. The van der Waals surface area contributed by atoms with Crippen LogP contribution in [0.2, 0.25) is 5.15 Å². The summed E-state index contributed by atoms with van der Waals surface area (Å²) >= 11 is 6.05. The lowest BCUT2D eigenvalue weighted by Gasteiger charge is -2.08. The van der Waals surface area contributed by atoms with E-state index in [1.165, 1.54) is 46.0 Å². The van der Waals surface area contributed by atoms with Crippen molar-refractivity contribution < 1.29 is 13.5 Å². The molecule has 0 bridgehead atoms. The Morgan fingerprint density at radius 2 is 2.00 bits per heavy atom. The van der Waals surface area contributed by atoms with Crippen molar-refractivity contribution in [3.05, 3.63) is 76.1 Å². The summed E-state index contributed by atoms with van der Waals surface area (Å²) in [5.41, 5.74) is 0.273. The molecule has 4 aromatic rings. The normalized spacial score (nSPS) is 11.8. The molecule has 9 nitrogen and oxygen atoms in total.